The van der Waals surface area contributed by atoms with Gasteiger partial charge in [-0.1, -0.05) is 18.2 Å². The number of piperidine rings is 1. The highest BCUT2D eigenvalue weighted by Crippen LogP contribution is 2.25. The molecule has 0 saturated carbocycles. The summed E-state index contributed by atoms with van der Waals surface area (Å²) in [6.45, 7) is 2.57. The molecule has 2 fully saturated rings. The molecule has 1 aromatic carbocycles. The Morgan fingerprint density at radius 1 is 0.833 bits per heavy atom. The van der Waals surface area contributed by atoms with Gasteiger partial charge in [0.25, 0.3) is 5.91 Å². The Kier molecular flexibility index (Phi) is 5.92. The first kappa shape index (κ1) is 20.6. The van der Waals surface area contributed by atoms with E-state index in [0.29, 0.717) is 57.9 Å². The highest BCUT2D eigenvalue weighted by Gasteiger charge is 2.35. The molecule has 9 heteroatoms. The van der Waals surface area contributed by atoms with Gasteiger partial charge in [0.15, 0.2) is 5.76 Å². The third-order valence-electron chi connectivity index (χ3n) is 5.79. The number of rotatable bonds is 4. The van der Waals surface area contributed by atoms with Gasteiger partial charge < -0.3 is 14.2 Å². The van der Waals surface area contributed by atoms with Gasteiger partial charge in [-0.3, -0.25) is 9.59 Å². The lowest BCUT2D eigenvalue weighted by Gasteiger charge is -2.38. The van der Waals surface area contributed by atoms with Crippen LogP contribution in [0.1, 0.15) is 23.4 Å². The maximum atomic E-state index is 12.9. The van der Waals surface area contributed by atoms with Crippen molar-refractivity contribution in [1.82, 2.24) is 14.1 Å². The molecule has 2 amide bonds. The van der Waals surface area contributed by atoms with Crippen molar-refractivity contribution in [2.75, 3.05) is 39.3 Å². The lowest BCUT2D eigenvalue weighted by Crippen LogP contribution is -2.53. The molecule has 4 rings (SSSR count). The molecule has 2 aliphatic rings. The first-order chi connectivity index (χ1) is 14.5. The fourth-order valence-corrected chi connectivity index (χ4v) is 5.52. The van der Waals surface area contributed by atoms with Crippen molar-refractivity contribution in [2.45, 2.75) is 17.7 Å². The number of benzene rings is 1. The molecule has 8 nitrogen and oxygen atoms in total. The summed E-state index contributed by atoms with van der Waals surface area (Å²) in [6.07, 6.45) is 2.49. The van der Waals surface area contributed by atoms with Gasteiger partial charge in [0.2, 0.25) is 15.9 Å². The number of sulfonamides is 1. The predicted molar refractivity (Wildman–Crippen MR) is 109 cm³/mol. The number of nitrogens with zero attached hydrogens (tertiary/aromatic N) is 3. The Labute approximate surface area is 176 Å². The zero-order valence-electron chi connectivity index (χ0n) is 16.6. The van der Waals surface area contributed by atoms with Crippen LogP contribution in [0.3, 0.4) is 0 Å². The summed E-state index contributed by atoms with van der Waals surface area (Å²) in [6, 6.07) is 11.7. The maximum Gasteiger partial charge on any atom is 0.289 e. The first-order valence-electron chi connectivity index (χ1n) is 10.1. The number of amides is 2. The Morgan fingerprint density at radius 3 is 2.07 bits per heavy atom. The Hall–Kier alpha value is -2.65. The molecule has 2 saturated heterocycles. The Morgan fingerprint density at radius 2 is 1.47 bits per heavy atom. The minimum Gasteiger partial charge on any atom is -0.459 e. The van der Waals surface area contributed by atoms with E-state index in [2.05, 4.69) is 0 Å². The smallest absolute Gasteiger partial charge is 0.289 e. The van der Waals surface area contributed by atoms with Gasteiger partial charge >= 0.3 is 0 Å². The summed E-state index contributed by atoms with van der Waals surface area (Å²) in [5.41, 5.74) is 0. The quantitative estimate of drug-likeness (QED) is 0.734. The van der Waals surface area contributed by atoms with E-state index in [1.165, 1.54) is 10.6 Å². The van der Waals surface area contributed by atoms with E-state index >= 15 is 0 Å². The molecule has 0 atom stereocenters. The summed E-state index contributed by atoms with van der Waals surface area (Å²) in [5, 5.41) is 0. The van der Waals surface area contributed by atoms with Gasteiger partial charge in [0, 0.05) is 45.2 Å². The van der Waals surface area contributed by atoms with Crippen molar-refractivity contribution in [2.24, 2.45) is 5.92 Å². The maximum absolute atomic E-state index is 12.9. The zero-order chi connectivity index (χ0) is 21.1. The average Bonchev–Trinajstić information content (AvgIpc) is 3.34. The van der Waals surface area contributed by atoms with Gasteiger partial charge in [-0.15, -0.1) is 0 Å². The molecule has 2 aliphatic heterocycles. The second-order valence-corrected chi connectivity index (χ2v) is 9.52. The van der Waals surface area contributed by atoms with Crippen LogP contribution in [0, 0.1) is 5.92 Å². The van der Waals surface area contributed by atoms with Crippen LogP contribution in [-0.2, 0) is 14.8 Å². The summed E-state index contributed by atoms with van der Waals surface area (Å²) >= 11 is 0. The molecule has 30 heavy (non-hydrogen) atoms. The second-order valence-electron chi connectivity index (χ2n) is 7.59. The monoisotopic (exact) mass is 431 g/mol. The van der Waals surface area contributed by atoms with Gasteiger partial charge in [-0.2, -0.15) is 4.31 Å². The molecular weight excluding hydrogens is 406 g/mol. The van der Waals surface area contributed by atoms with Gasteiger partial charge in [-0.25, -0.2) is 8.42 Å². The fraction of sp³-hybridized carbons (Fsp3) is 0.429. The molecule has 0 unspecified atom stereocenters. The van der Waals surface area contributed by atoms with E-state index in [1.54, 1.807) is 52.3 Å². The van der Waals surface area contributed by atoms with Crippen molar-refractivity contribution in [1.29, 1.82) is 0 Å². The number of hydrogen-bond donors (Lipinski definition) is 0. The largest absolute Gasteiger partial charge is 0.459 e. The van der Waals surface area contributed by atoms with Crippen molar-refractivity contribution >= 4 is 21.8 Å². The molecule has 0 aliphatic carbocycles. The number of carbonyl (C=O) groups is 2. The van der Waals surface area contributed by atoms with Gasteiger partial charge in [0.1, 0.15) is 0 Å². The van der Waals surface area contributed by atoms with E-state index in [1.807, 2.05) is 0 Å². The Bertz CT molecular complexity index is 975. The van der Waals surface area contributed by atoms with Crippen molar-refractivity contribution in [3.63, 3.8) is 0 Å². The predicted octanol–water partition coefficient (Wildman–Crippen LogP) is 1.66. The summed E-state index contributed by atoms with van der Waals surface area (Å²) < 4.78 is 32.1. The average molecular weight is 432 g/mol. The van der Waals surface area contributed by atoms with E-state index in [4.69, 9.17) is 4.42 Å². The molecule has 0 N–H and O–H groups in total. The molecule has 0 spiro atoms. The SMILES string of the molecule is O=C(c1ccco1)N1CCN(C(=O)C2CCN(S(=O)(=O)c3ccccc3)CC2)CC1. The molecule has 1 aromatic heterocycles. The number of furan rings is 1. The van der Waals surface area contributed by atoms with Crippen molar-refractivity contribution < 1.29 is 22.4 Å². The molecule has 3 heterocycles. The molecule has 0 radical (unpaired) electrons. The number of piperazine rings is 1. The fourth-order valence-electron chi connectivity index (χ4n) is 4.03. The summed E-state index contributed by atoms with van der Waals surface area (Å²) in [7, 11) is -3.52. The number of carbonyl (C=O) groups excluding carboxylic acids is 2. The summed E-state index contributed by atoms with van der Waals surface area (Å²) in [5.74, 6) is 0.0182. The van der Waals surface area contributed by atoms with E-state index in [-0.39, 0.29) is 22.6 Å². The van der Waals surface area contributed by atoms with Crippen LogP contribution in [-0.4, -0.2) is 73.6 Å². The van der Waals surface area contributed by atoms with Crippen LogP contribution in [0.2, 0.25) is 0 Å². The van der Waals surface area contributed by atoms with E-state index in [9.17, 15) is 18.0 Å². The van der Waals surface area contributed by atoms with Crippen LogP contribution >= 0.6 is 0 Å². The zero-order valence-corrected chi connectivity index (χ0v) is 17.5. The molecule has 160 valence electrons. The van der Waals surface area contributed by atoms with Crippen LogP contribution in [0.15, 0.2) is 58.0 Å². The van der Waals surface area contributed by atoms with Crippen LogP contribution in [0.4, 0.5) is 0 Å². The van der Waals surface area contributed by atoms with Crippen LogP contribution < -0.4 is 0 Å². The minimum atomic E-state index is -3.52. The topological polar surface area (TPSA) is 91.1 Å². The van der Waals surface area contributed by atoms with Crippen LogP contribution in [0.25, 0.3) is 0 Å². The van der Waals surface area contributed by atoms with Crippen LogP contribution in [0.5, 0.6) is 0 Å². The standard InChI is InChI=1S/C21H25N3O5S/c25-20(22-12-14-23(15-13-22)21(26)19-7-4-16-29-19)17-8-10-24(11-9-17)30(27,28)18-5-2-1-3-6-18/h1-7,16-17H,8-15H2. The summed E-state index contributed by atoms with van der Waals surface area (Å²) in [4.78, 5) is 29.0. The minimum absolute atomic E-state index is 0.0526. The van der Waals surface area contributed by atoms with Gasteiger partial charge in [-0.05, 0) is 37.1 Å². The third kappa shape index (κ3) is 4.13. The highest BCUT2D eigenvalue weighted by molar-refractivity contribution is 7.89. The van der Waals surface area contributed by atoms with Crippen molar-refractivity contribution in [3.05, 3.63) is 54.5 Å². The highest BCUT2D eigenvalue weighted by atomic mass is 32.2. The third-order valence-corrected chi connectivity index (χ3v) is 7.71. The number of hydrogen-bond acceptors (Lipinski definition) is 5. The lowest BCUT2D eigenvalue weighted by atomic mass is 9.96. The Balaban J connectivity index is 1.29. The normalized spacial score (nSPS) is 19.1. The van der Waals surface area contributed by atoms with E-state index < -0.39 is 10.0 Å². The van der Waals surface area contributed by atoms with E-state index in [0.717, 1.165) is 0 Å². The second kappa shape index (κ2) is 8.61. The van der Waals surface area contributed by atoms with Crippen molar-refractivity contribution in [3.8, 4) is 0 Å². The molecule has 2 aromatic rings. The first-order valence-corrected chi connectivity index (χ1v) is 11.6. The lowest BCUT2D eigenvalue weighted by molar-refractivity contribution is -0.138. The molecular formula is C21H25N3O5S. The molecule has 0 bridgehead atoms. The van der Waals surface area contributed by atoms with Gasteiger partial charge in [0.05, 0.1) is 11.2 Å².